The van der Waals surface area contributed by atoms with Crippen LogP contribution in [0.15, 0.2) is 0 Å². The van der Waals surface area contributed by atoms with Crippen molar-refractivity contribution in [2.24, 2.45) is 0 Å². The normalized spacial score (nSPS) is 10.2. The molecule has 0 saturated heterocycles. The van der Waals surface area contributed by atoms with Gasteiger partial charge in [0.15, 0.2) is 6.29 Å². The number of rotatable bonds is 14. The second-order valence-corrected chi connectivity index (χ2v) is 5.58. The van der Waals surface area contributed by atoms with Gasteiger partial charge in [-0.25, -0.2) is 0 Å². The van der Waals surface area contributed by atoms with E-state index in [9.17, 15) is 0 Å². The summed E-state index contributed by atoms with van der Waals surface area (Å²) in [6, 6.07) is 1.98. The van der Waals surface area contributed by atoms with Gasteiger partial charge in [0.25, 0.3) is 0 Å². The maximum Gasteiger partial charge on any atom is 0.157 e. The Morgan fingerprint density at radius 2 is 1.41 bits per heavy atom. The molecule has 0 radical (unpaired) electrons. The lowest BCUT2D eigenvalue weighted by molar-refractivity contribution is -0.140. The van der Waals surface area contributed by atoms with E-state index in [2.05, 4.69) is 6.92 Å². The molecule has 0 aliphatic heterocycles. The van der Waals surface area contributed by atoms with Gasteiger partial charge < -0.3 is 9.47 Å². The summed E-state index contributed by atoms with van der Waals surface area (Å²) in [5.41, 5.74) is 0. The lowest BCUT2D eigenvalue weighted by Gasteiger charge is -2.16. The van der Waals surface area contributed by atoms with Gasteiger partial charge in [0, 0.05) is 25.5 Å². The summed E-state index contributed by atoms with van der Waals surface area (Å²) in [7, 11) is 0. The third-order valence-electron chi connectivity index (χ3n) is 3.17. The Kier molecular flexibility index (Phi) is 25.0. The molecule has 0 amide bonds. The zero-order valence-corrected chi connectivity index (χ0v) is 15.7. The summed E-state index contributed by atoms with van der Waals surface area (Å²) in [6.45, 7) is 7.81. The van der Waals surface area contributed by atoms with Gasteiger partial charge in [-0.2, -0.15) is 5.26 Å². The van der Waals surface area contributed by atoms with Crippen LogP contribution in [0.2, 0.25) is 0 Å². The molecule has 0 fully saturated rings. The van der Waals surface area contributed by atoms with Crippen molar-refractivity contribution in [1.82, 2.24) is 0 Å². The molecule has 132 valence electrons. The minimum atomic E-state index is 0.0330. The van der Waals surface area contributed by atoms with Crippen LogP contribution in [0, 0.1) is 11.3 Å². The highest BCUT2D eigenvalue weighted by molar-refractivity contribution is 6.17. The van der Waals surface area contributed by atoms with Gasteiger partial charge >= 0.3 is 0 Å². The SMILES string of the molecule is CCCCCCCCCC(OCC)OCC.N#CCCCCl. The minimum Gasteiger partial charge on any atom is -0.353 e. The first-order valence-electron chi connectivity index (χ1n) is 8.92. The number of halogens is 1. The van der Waals surface area contributed by atoms with E-state index < -0.39 is 0 Å². The van der Waals surface area contributed by atoms with Gasteiger partial charge in [-0.15, -0.1) is 11.6 Å². The predicted octanol–water partition coefficient (Wildman–Crippen LogP) is 6.06. The Bertz CT molecular complexity index is 226. The molecule has 0 aromatic heterocycles. The van der Waals surface area contributed by atoms with Gasteiger partial charge in [0.05, 0.1) is 6.07 Å². The zero-order valence-electron chi connectivity index (χ0n) is 14.9. The third-order valence-corrected chi connectivity index (χ3v) is 3.44. The van der Waals surface area contributed by atoms with Crippen LogP contribution < -0.4 is 0 Å². The molecule has 0 saturated carbocycles. The van der Waals surface area contributed by atoms with Crippen LogP contribution in [0.1, 0.15) is 85.0 Å². The van der Waals surface area contributed by atoms with Gasteiger partial charge in [0.2, 0.25) is 0 Å². The molecule has 4 heteroatoms. The second kappa shape index (κ2) is 23.0. The Hall–Kier alpha value is -0.300. The zero-order chi connectivity index (χ0) is 16.9. The molecule has 0 atom stereocenters. The first-order valence-corrected chi connectivity index (χ1v) is 9.46. The van der Waals surface area contributed by atoms with Crippen LogP contribution in [-0.2, 0) is 9.47 Å². The molecule has 3 nitrogen and oxygen atoms in total. The summed E-state index contributed by atoms with van der Waals surface area (Å²) in [5, 5.41) is 7.89. The molecule has 0 aliphatic rings. The van der Waals surface area contributed by atoms with Crippen molar-refractivity contribution >= 4 is 11.6 Å². The smallest absolute Gasteiger partial charge is 0.157 e. The molecule has 0 unspecified atom stereocenters. The Morgan fingerprint density at radius 1 is 0.864 bits per heavy atom. The van der Waals surface area contributed by atoms with Crippen LogP contribution in [0.3, 0.4) is 0 Å². The average molecular weight is 334 g/mol. The number of nitriles is 1. The summed E-state index contributed by atoms with van der Waals surface area (Å²) < 4.78 is 11.0. The van der Waals surface area contributed by atoms with E-state index in [4.69, 9.17) is 26.3 Å². The monoisotopic (exact) mass is 333 g/mol. The first-order chi connectivity index (χ1) is 10.8. The first kappa shape index (κ1) is 24.0. The summed E-state index contributed by atoms with van der Waals surface area (Å²) >= 11 is 5.23. The topological polar surface area (TPSA) is 42.2 Å². The highest BCUT2D eigenvalue weighted by Gasteiger charge is 2.06. The van der Waals surface area contributed by atoms with Gasteiger partial charge in [0.1, 0.15) is 0 Å². The summed E-state index contributed by atoms with van der Waals surface area (Å²) in [5.74, 6) is 0.605. The standard InChI is InChI=1S/C14H30O2.C4H6ClN/c1-4-7-8-9-10-11-12-13-14(15-5-2)16-6-3;5-3-1-2-4-6/h14H,4-13H2,1-3H3;1-3H2. The number of ether oxygens (including phenoxy) is 2. The maximum absolute atomic E-state index is 7.89. The fourth-order valence-electron chi connectivity index (χ4n) is 2.00. The number of nitrogens with zero attached hydrogens (tertiary/aromatic N) is 1. The van der Waals surface area contributed by atoms with Crippen molar-refractivity contribution in [2.75, 3.05) is 19.1 Å². The molecular formula is C18H36ClNO2. The lowest BCUT2D eigenvalue weighted by atomic mass is 10.1. The maximum atomic E-state index is 7.89. The van der Waals surface area contributed by atoms with Gasteiger partial charge in [-0.1, -0.05) is 45.4 Å². The van der Waals surface area contributed by atoms with Gasteiger partial charge in [-0.3, -0.25) is 0 Å². The molecular weight excluding hydrogens is 298 g/mol. The van der Waals surface area contributed by atoms with E-state index >= 15 is 0 Å². The molecule has 0 spiro atoms. The minimum absolute atomic E-state index is 0.0330. The van der Waals surface area contributed by atoms with E-state index in [0.29, 0.717) is 12.3 Å². The summed E-state index contributed by atoms with van der Waals surface area (Å²) in [6.07, 6.45) is 11.9. The Balaban J connectivity index is 0. The van der Waals surface area contributed by atoms with E-state index in [-0.39, 0.29) is 6.29 Å². The molecule has 0 N–H and O–H groups in total. The van der Waals surface area contributed by atoms with Crippen LogP contribution in [-0.4, -0.2) is 25.4 Å². The molecule has 22 heavy (non-hydrogen) atoms. The fraction of sp³-hybridized carbons (Fsp3) is 0.944. The molecule has 0 bridgehead atoms. The second-order valence-electron chi connectivity index (χ2n) is 5.20. The van der Waals surface area contributed by atoms with Crippen molar-refractivity contribution in [3.05, 3.63) is 0 Å². The highest BCUT2D eigenvalue weighted by Crippen LogP contribution is 2.11. The summed E-state index contributed by atoms with van der Waals surface area (Å²) in [4.78, 5) is 0. The number of hydrogen-bond acceptors (Lipinski definition) is 3. The number of hydrogen-bond donors (Lipinski definition) is 0. The van der Waals surface area contributed by atoms with Crippen LogP contribution in [0.5, 0.6) is 0 Å². The molecule has 0 aliphatic carbocycles. The van der Waals surface area contributed by atoms with E-state index in [1.54, 1.807) is 0 Å². The average Bonchev–Trinajstić information content (AvgIpc) is 2.53. The fourth-order valence-corrected chi connectivity index (χ4v) is 2.13. The van der Waals surface area contributed by atoms with Gasteiger partial charge in [-0.05, 0) is 33.1 Å². The molecule has 0 aromatic rings. The number of alkyl halides is 1. The van der Waals surface area contributed by atoms with Crippen molar-refractivity contribution in [3.8, 4) is 6.07 Å². The molecule has 0 rings (SSSR count). The largest absolute Gasteiger partial charge is 0.353 e. The lowest BCUT2D eigenvalue weighted by Crippen LogP contribution is -2.17. The van der Waals surface area contributed by atoms with E-state index in [1.807, 2.05) is 19.9 Å². The van der Waals surface area contributed by atoms with Crippen molar-refractivity contribution in [2.45, 2.75) is 91.3 Å². The predicted molar refractivity (Wildman–Crippen MR) is 95.2 cm³/mol. The van der Waals surface area contributed by atoms with Crippen molar-refractivity contribution < 1.29 is 9.47 Å². The van der Waals surface area contributed by atoms with E-state index in [1.165, 1.54) is 44.9 Å². The number of unbranched alkanes of at least 4 members (excludes halogenated alkanes) is 7. The van der Waals surface area contributed by atoms with Crippen LogP contribution >= 0.6 is 11.6 Å². The Labute approximate surface area is 143 Å². The highest BCUT2D eigenvalue weighted by atomic mass is 35.5. The Morgan fingerprint density at radius 3 is 1.82 bits per heavy atom. The van der Waals surface area contributed by atoms with Crippen molar-refractivity contribution in [3.63, 3.8) is 0 Å². The van der Waals surface area contributed by atoms with Crippen LogP contribution in [0.4, 0.5) is 0 Å². The van der Waals surface area contributed by atoms with Crippen LogP contribution in [0.25, 0.3) is 0 Å². The third kappa shape index (κ3) is 22.0. The van der Waals surface area contributed by atoms with E-state index in [0.717, 1.165) is 26.1 Å². The quantitative estimate of drug-likeness (QED) is 0.220. The molecule has 0 aromatic carbocycles. The molecule has 0 heterocycles. The van der Waals surface area contributed by atoms with Crippen molar-refractivity contribution in [1.29, 1.82) is 5.26 Å².